The van der Waals surface area contributed by atoms with Crippen molar-refractivity contribution < 1.29 is 34.0 Å². The summed E-state index contributed by atoms with van der Waals surface area (Å²) in [7, 11) is 0. The minimum atomic E-state index is -0.836. The van der Waals surface area contributed by atoms with Gasteiger partial charge in [-0.05, 0) is 108 Å². The van der Waals surface area contributed by atoms with Gasteiger partial charge in [-0.3, -0.25) is 9.69 Å². The van der Waals surface area contributed by atoms with Gasteiger partial charge < -0.3 is 44.9 Å². The highest BCUT2D eigenvalue weighted by Crippen LogP contribution is 2.32. The van der Waals surface area contributed by atoms with Gasteiger partial charge >= 0.3 is 12.1 Å². The Kier molecular flexibility index (Phi) is 13.4. The van der Waals surface area contributed by atoms with Crippen LogP contribution in [0, 0.1) is 5.92 Å². The summed E-state index contributed by atoms with van der Waals surface area (Å²) in [6.07, 6.45) is 2.07. The number of aromatic nitrogens is 1. The van der Waals surface area contributed by atoms with E-state index < -0.39 is 18.2 Å². The van der Waals surface area contributed by atoms with Gasteiger partial charge in [0.25, 0.3) is 0 Å². The number of aromatic hydroxyl groups is 1. The molecule has 4 fully saturated rings. The first-order chi connectivity index (χ1) is 31.7. The number of ether oxygens (including phenoxy) is 3. The van der Waals surface area contributed by atoms with Crippen molar-refractivity contribution >= 4 is 28.7 Å². The van der Waals surface area contributed by atoms with Gasteiger partial charge in [-0.2, -0.15) is 0 Å². The van der Waals surface area contributed by atoms with Crippen LogP contribution in [0.1, 0.15) is 76.0 Å². The number of rotatable bonds is 15. The molecule has 4 saturated heterocycles. The summed E-state index contributed by atoms with van der Waals surface area (Å²) in [5.74, 6) is 0.697. The van der Waals surface area contributed by atoms with Gasteiger partial charge in [-0.25, -0.2) is 9.59 Å². The van der Waals surface area contributed by atoms with Gasteiger partial charge in [-0.15, -0.1) is 0 Å². The number of nitrogens with one attached hydrogen (secondary N) is 3. The molecule has 0 radical (unpaired) electrons. The topological polar surface area (TPSA) is 166 Å². The van der Waals surface area contributed by atoms with E-state index in [1.807, 2.05) is 66.7 Å². The molecule has 1 amide bonds. The van der Waals surface area contributed by atoms with Crippen LogP contribution in [0.3, 0.4) is 0 Å². The molecular formula is C52H55N5O8. The van der Waals surface area contributed by atoms with Gasteiger partial charge in [-0.1, -0.05) is 72.8 Å². The van der Waals surface area contributed by atoms with Crippen LogP contribution in [-0.4, -0.2) is 83.6 Å². The molecule has 5 heterocycles. The van der Waals surface area contributed by atoms with Crippen molar-refractivity contribution in [1.82, 2.24) is 20.5 Å². The van der Waals surface area contributed by atoms with E-state index in [9.17, 15) is 24.6 Å². The van der Waals surface area contributed by atoms with E-state index in [1.165, 1.54) is 12.1 Å². The normalized spacial score (nSPS) is 19.3. The number of fused-ring (bicyclic) bond motifs is 4. The lowest BCUT2D eigenvalue weighted by Crippen LogP contribution is -2.52. The highest BCUT2D eigenvalue weighted by atomic mass is 16.6. The zero-order valence-electron chi connectivity index (χ0n) is 36.2. The fourth-order valence-corrected chi connectivity index (χ4v) is 9.31. The van der Waals surface area contributed by atoms with E-state index in [0.717, 1.165) is 86.3 Å². The lowest BCUT2D eigenvalue weighted by molar-refractivity contribution is -0.0336. The summed E-state index contributed by atoms with van der Waals surface area (Å²) in [5, 5.41) is 28.1. The molecule has 4 aliphatic heterocycles. The quantitative estimate of drug-likeness (QED) is 0.0655. The molecule has 10 rings (SSSR count). The second-order valence-electron chi connectivity index (χ2n) is 17.3. The molecule has 0 saturated carbocycles. The molecule has 4 aliphatic rings. The molecule has 2 bridgehead atoms. The van der Waals surface area contributed by atoms with E-state index >= 15 is 0 Å². The highest BCUT2D eigenvalue weighted by Gasteiger charge is 2.37. The Hall–Kier alpha value is -6.67. The van der Waals surface area contributed by atoms with Gasteiger partial charge in [0.1, 0.15) is 30.3 Å². The molecule has 2 unspecified atom stereocenters. The Morgan fingerprint density at radius 3 is 2.25 bits per heavy atom. The first-order valence-corrected chi connectivity index (χ1v) is 22.6. The summed E-state index contributed by atoms with van der Waals surface area (Å²) in [4.78, 5) is 45.5. The summed E-state index contributed by atoms with van der Waals surface area (Å²) in [6.45, 7) is 5.62. The maximum Gasteiger partial charge on any atom is 0.408 e. The van der Waals surface area contributed by atoms with Crippen LogP contribution in [0.25, 0.3) is 10.9 Å². The number of aromatic amines is 1. The summed E-state index contributed by atoms with van der Waals surface area (Å²) in [6, 6.07) is 38.9. The second kappa shape index (κ2) is 20.0. The number of benzene rings is 5. The van der Waals surface area contributed by atoms with Crippen molar-refractivity contribution in [2.45, 2.75) is 63.2 Å². The number of phenolic OH excluding ortho intramolecular Hbond substituents is 1. The van der Waals surface area contributed by atoms with E-state index in [1.54, 1.807) is 24.3 Å². The average molecular weight is 878 g/mol. The maximum atomic E-state index is 13.3. The lowest BCUT2D eigenvalue weighted by Gasteiger charge is -2.43. The average Bonchev–Trinajstić information content (AvgIpc) is 3.34. The molecule has 13 nitrogen and oxygen atoms in total. The number of carbonyl (C=O) groups excluding carboxylic acids is 2. The first-order valence-electron chi connectivity index (χ1n) is 22.6. The third-order valence-electron chi connectivity index (χ3n) is 13.0. The number of esters is 1. The van der Waals surface area contributed by atoms with Crippen molar-refractivity contribution in [1.29, 1.82) is 0 Å². The number of aliphatic hydroxyl groups excluding tert-OH is 1. The minimum absolute atomic E-state index is 0.0414. The Bertz CT molecular complexity index is 2620. The van der Waals surface area contributed by atoms with Crippen molar-refractivity contribution in [2.75, 3.05) is 44.2 Å². The van der Waals surface area contributed by atoms with Crippen LogP contribution in [0.2, 0.25) is 0 Å². The molecule has 1 aromatic heterocycles. The predicted molar refractivity (Wildman–Crippen MR) is 248 cm³/mol. The molecule has 5 aromatic carbocycles. The Balaban J connectivity index is 0.718. The molecule has 0 aliphatic carbocycles. The second-order valence-corrected chi connectivity index (χ2v) is 17.3. The Morgan fingerprint density at radius 2 is 1.51 bits per heavy atom. The van der Waals surface area contributed by atoms with Gasteiger partial charge in [0, 0.05) is 62.7 Å². The standard InChI is InChI=1S/C52H55N5O8/c58-45-19-17-43(44-18-20-48(60)54-50(44)45)46(59)31-53-30-34-11-15-40(16-12-34)57-27-23-41(24-28-57)64-51(61)38-13-9-35(10-14-38)33-63-42-8-4-7-39(29-42)49(37-5-2-1-3-6-37)55-52(62)65-47-32-56-25-21-36(47)22-26-56/h1-20,29,36,41,46-47,49,53,58-59H,21-28,30-33H2,(H,54,60)(H,55,62)/t46?,47-,49?/m0/s1. The minimum Gasteiger partial charge on any atom is -0.506 e. The van der Waals surface area contributed by atoms with Crippen LogP contribution in [-0.2, 0) is 22.6 Å². The maximum absolute atomic E-state index is 13.3. The first kappa shape index (κ1) is 43.6. The zero-order valence-corrected chi connectivity index (χ0v) is 36.2. The van der Waals surface area contributed by atoms with Crippen molar-refractivity contribution in [2.24, 2.45) is 5.92 Å². The Labute approximate surface area is 378 Å². The number of alkyl carbamates (subject to hydrolysis) is 1. The molecule has 6 aromatic rings. The van der Waals surface area contributed by atoms with Crippen LogP contribution < -0.4 is 25.8 Å². The van der Waals surface area contributed by atoms with E-state index in [2.05, 4.69) is 49.7 Å². The van der Waals surface area contributed by atoms with E-state index in [0.29, 0.717) is 46.8 Å². The molecule has 65 heavy (non-hydrogen) atoms. The molecular weight excluding hydrogens is 823 g/mol. The summed E-state index contributed by atoms with van der Waals surface area (Å²) < 4.78 is 18.1. The number of nitrogens with zero attached hydrogens (tertiary/aromatic N) is 2. The molecule has 13 heteroatoms. The third kappa shape index (κ3) is 10.7. The molecule has 3 atom stereocenters. The molecule has 0 spiro atoms. The van der Waals surface area contributed by atoms with Gasteiger partial charge in [0.05, 0.1) is 23.2 Å². The third-order valence-corrected chi connectivity index (χ3v) is 13.0. The Morgan fingerprint density at radius 1 is 0.769 bits per heavy atom. The zero-order chi connectivity index (χ0) is 44.7. The summed E-state index contributed by atoms with van der Waals surface area (Å²) in [5.41, 5.74) is 5.98. The number of anilines is 1. The highest BCUT2D eigenvalue weighted by molar-refractivity contribution is 5.89. The van der Waals surface area contributed by atoms with Crippen LogP contribution in [0.4, 0.5) is 10.5 Å². The van der Waals surface area contributed by atoms with Gasteiger partial charge in [0.15, 0.2) is 0 Å². The monoisotopic (exact) mass is 877 g/mol. The van der Waals surface area contributed by atoms with Crippen molar-refractivity contribution in [3.05, 3.63) is 171 Å². The summed E-state index contributed by atoms with van der Waals surface area (Å²) >= 11 is 0. The number of hydrogen-bond donors (Lipinski definition) is 5. The van der Waals surface area contributed by atoms with Gasteiger partial charge in [0.2, 0.25) is 5.56 Å². The molecule has 5 N–H and O–H groups in total. The van der Waals surface area contributed by atoms with Crippen molar-refractivity contribution in [3.63, 3.8) is 0 Å². The number of piperidine rings is 4. The van der Waals surface area contributed by atoms with Crippen LogP contribution in [0.15, 0.2) is 132 Å². The number of pyridine rings is 1. The fourth-order valence-electron chi connectivity index (χ4n) is 9.31. The fraction of sp³-hybridized carbons (Fsp3) is 0.327. The van der Waals surface area contributed by atoms with E-state index in [-0.39, 0.29) is 36.0 Å². The number of phenols is 1. The number of H-pyrrole nitrogens is 1. The molecule has 336 valence electrons. The predicted octanol–water partition coefficient (Wildman–Crippen LogP) is 7.37. The smallest absolute Gasteiger partial charge is 0.408 e. The lowest BCUT2D eigenvalue weighted by atomic mass is 9.86. The number of hydrogen-bond acceptors (Lipinski definition) is 11. The van der Waals surface area contributed by atoms with E-state index in [4.69, 9.17) is 14.2 Å². The van der Waals surface area contributed by atoms with Crippen molar-refractivity contribution in [3.8, 4) is 11.5 Å². The number of amides is 1. The SMILES string of the molecule is O=C(NC(c1ccccc1)c1cccc(OCc2ccc(C(=O)OC3CCN(c4ccc(CNCC(O)c5ccc(O)c6[nH]c(=O)ccc56)cc4)CC3)cc2)c1)O[C@H]1CN2CCC1CC2. The van der Waals surface area contributed by atoms with Crippen LogP contribution >= 0.6 is 0 Å². The van der Waals surface area contributed by atoms with Crippen LogP contribution in [0.5, 0.6) is 11.5 Å². The number of carbonyl (C=O) groups is 2. The number of aliphatic hydroxyl groups is 1. The largest absolute Gasteiger partial charge is 0.506 e.